The maximum absolute atomic E-state index is 12.2. The molecule has 0 radical (unpaired) electrons. The Kier molecular flexibility index (Phi) is 8.11. The number of aliphatic carboxylic acids is 1. The molecule has 8 heteroatoms. The molecule has 1 rings (SSSR count). The van der Waals surface area contributed by atoms with E-state index in [1.54, 1.807) is 33.8 Å². The van der Waals surface area contributed by atoms with Crippen molar-refractivity contribution in [3.05, 3.63) is 23.8 Å². The number of amides is 2. The Morgan fingerprint density at radius 3 is 2.07 bits per heavy atom. The van der Waals surface area contributed by atoms with Gasteiger partial charge in [-0.3, -0.25) is 19.2 Å². The normalized spacial score (nSPS) is 12.0. The zero-order valence-corrected chi connectivity index (χ0v) is 16.0. The van der Waals surface area contributed by atoms with Gasteiger partial charge in [-0.15, -0.1) is 0 Å². The van der Waals surface area contributed by atoms with Crippen molar-refractivity contribution >= 4 is 34.9 Å². The molecule has 0 heterocycles. The van der Waals surface area contributed by atoms with Gasteiger partial charge in [0.2, 0.25) is 11.8 Å². The van der Waals surface area contributed by atoms with Crippen LogP contribution in [-0.2, 0) is 14.4 Å². The van der Waals surface area contributed by atoms with Gasteiger partial charge in [-0.1, -0.05) is 27.7 Å². The van der Waals surface area contributed by atoms with Crippen molar-refractivity contribution in [2.45, 2.75) is 46.6 Å². The maximum atomic E-state index is 12.2. The fraction of sp³-hybridized carbons (Fsp3) is 0.474. The Bertz CT molecular complexity index is 728. The number of carbonyl (C=O) groups is 4. The molecule has 0 unspecified atom stereocenters. The average Bonchev–Trinajstić information content (AvgIpc) is 2.59. The largest absolute Gasteiger partial charge is 0.481 e. The molecule has 2 amide bonds. The number of nitrogens with two attached hydrogens (primary N) is 1. The first kappa shape index (κ1) is 22.3. The lowest BCUT2D eigenvalue weighted by Crippen LogP contribution is -2.36. The second-order valence-electron chi connectivity index (χ2n) is 6.95. The van der Waals surface area contributed by atoms with E-state index in [2.05, 4.69) is 10.6 Å². The van der Waals surface area contributed by atoms with Gasteiger partial charge >= 0.3 is 5.97 Å². The summed E-state index contributed by atoms with van der Waals surface area (Å²) in [4.78, 5) is 47.1. The topological polar surface area (TPSA) is 139 Å². The van der Waals surface area contributed by atoms with E-state index in [0.29, 0.717) is 16.9 Å². The number of carboxylic acids is 1. The van der Waals surface area contributed by atoms with Crippen LogP contribution >= 0.6 is 0 Å². The van der Waals surface area contributed by atoms with E-state index in [1.807, 2.05) is 0 Å². The van der Waals surface area contributed by atoms with Crippen LogP contribution in [0, 0.1) is 11.8 Å². The summed E-state index contributed by atoms with van der Waals surface area (Å²) in [6, 6.07) is 3.59. The quantitative estimate of drug-likeness (QED) is 0.487. The van der Waals surface area contributed by atoms with Crippen molar-refractivity contribution in [3.63, 3.8) is 0 Å². The minimum Gasteiger partial charge on any atom is -0.481 e. The first-order valence-corrected chi connectivity index (χ1v) is 8.80. The molecule has 0 aliphatic carbocycles. The summed E-state index contributed by atoms with van der Waals surface area (Å²) in [7, 11) is 0. The Morgan fingerprint density at radius 2 is 1.56 bits per heavy atom. The zero-order valence-electron chi connectivity index (χ0n) is 16.0. The number of carbonyl (C=O) groups excluding carboxylic acids is 3. The van der Waals surface area contributed by atoms with Gasteiger partial charge in [0.25, 0.3) is 0 Å². The number of benzene rings is 1. The van der Waals surface area contributed by atoms with Crippen molar-refractivity contribution in [1.29, 1.82) is 0 Å². The van der Waals surface area contributed by atoms with E-state index in [-0.39, 0.29) is 36.4 Å². The van der Waals surface area contributed by atoms with Crippen LogP contribution in [0.5, 0.6) is 0 Å². The summed E-state index contributed by atoms with van der Waals surface area (Å²) in [5, 5.41) is 14.0. The first-order chi connectivity index (χ1) is 12.5. The summed E-state index contributed by atoms with van der Waals surface area (Å²) < 4.78 is 0. The third-order valence-electron chi connectivity index (χ3n) is 3.87. The summed E-state index contributed by atoms with van der Waals surface area (Å²) in [6.45, 7) is 6.98. The molecule has 27 heavy (non-hydrogen) atoms. The van der Waals surface area contributed by atoms with Crippen molar-refractivity contribution in [2.24, 2.45) is 17.6 Å². The van der Waals surface area contributed by atoms with E-state index < -0.39 is 17.9 Å². The second-order valence-corrected chi connectivity index (χ2v) is 6.95. The Labute approximate surface area is 158 Å². The number of Topliss-reactive ketones (excluding diaryl/α,β-unsaturated/α-hetero) is 1. The molecule has 8 nitrogen and oxygen atoms in total. The number of hydrogen-bond acceptors (Lipinski definition) is 5. The average molecular weight is 377 g/mol. The van der Waals surface area contributed by atoms with Gasteiger partial charge in [-0.05, 0) is 24.6 Å². The monoisotopic (exact) mass is 377 g/mol. The molecule has 0 aliphatic rings. The third kappa shape index (κ3) is 6.82. The van der Waals surface area contributed by atoms with Crippen LogP contribution in [0.3, 0.4) is 0 Å². The highest BCUT2D eigenvalue weighted by Gasteiger charge is 2.19. The van der Waals surface area contributed by atoms with Crippen molar-refractivity contribution in [1.82, 2.24) is 0 Å². The molecular formula is C19H27N3O5. The first-order valence-electron chi connectivity index (χ1n) is 8.80. The summed E-state index contributed by atoms with van der Waals surface area (Å²) in [6.07, 6.45) is -0.244. The molecule has 0 saturated heterocycles. The lowest BCUT2D eigenvalue weighted by Gasteiger charge is -2.17. The highest BCUT2D eigenvalue weighted by molar-refractivity contribution is 6.05. The van der Waals surface area contributed by atoms with E-state index in [9.17, 15) is 19.2 Å². The van der Waals surface area contributed by atoms with Gasteiger partial charge in [0.1, 0.15) is 0 Å². The fourth-order valence-corrected chi connectivity index (χ4v) is 2.16. The number of carboxylic acid groups (broad SMARTS) is 1. The van der Waals surface area contributed by atoms with Crippen LogP contribution in [0.4, 0.5) is 11.4 Å². The van der Waals surface area contributed by atoms with Crippen LogP contribution in [0.25, 0.3) is 0 Å². The SMILES string of the molecule is CC(C)C(=O)Nc1cc(C(=O)C(C)C)ccc1NC(=O)[C@@H](N)CCC(=O)O. The molecule has 148 valence electrons. The number of ketones is 1. The van der Waals surface area contributed by atoms with Crippen LogP contribution in [0.1, 0.15) is 50.9 Å². The molecule has 0 spiro atoms. The van der Waals surface area contributed by atoms with Crippen LogP contribution in [0.2, 0.25) is 0 Å². The molecule has 1 atom stereocenters. The molecule has 5 N–H and O–H groups in total. The molecule has 0 aromatic heterocycles. The van der Waals surface area contributed by atoms with E-state index in [1.165, 1.54) is 12.1 Å². The number of hydrogen-bond donors (Lipinski definition) is 4. The number of rotatable bonds is 9. The highest BCUT2D eigenvalue weighted by Crippen LogP contribution is 2.26. The van der Waals surface area contributed by atoms with Crippen LogP contribution < -0.4 is 16.4 Å². The van der Waals surface area contributed by atoms with E-state index in [0.717, 1.165) is 0 Å². The Balaban J connectivity index is 3.09. The maximum Gasteiger partial charge on any atom is 0.303 e. The van der Waals surface area contributed by atoms with E-state index >= 15 is 0 Å². The standard InChI is InChI=1S/C19H27N3O5/c1-10(2)17(25)12-5-7-14(15(9-12)22-18(26)11(3)4)21-19(27)13(20)6-8-16(23)24/h5,7,9-11,13H,6,8,20H2,1-4H3,(H,21,27)(H,22,26)(H,23,24)/t13-/m0/s1. The molecule has 0 fully saturated rings. The summed E-state index contributed by atoms with van der Waals surface area (Å²) >= 11 is 0. The van der Waals surface area contributed by atoms with Gasteiger partial charge < -0.3 is 21.5 Å². The predicted molar refractivity (Wildman–Crippen MR) is 103 cm³/mol. The molecule has 1 aromatic carbocycles. The lowest BCUT2D eigenvalue weighted by molar-refractivity contribution is -0.137. The van der Waals surface area contributed by atoms with Crippen molar-refractivity contribution < 1.29 is 24.3 Å². The van der Waals surface area contributed by atoms with E-state index in [4.69, 9.17) is 10.8 Å². The summed E-state index contributed by atoms with van der Waals surface area (Å²) in [5.74, 6) is -2.49. The van der Waals surface area contributed by atoms with Gasteiger partial charge in [0, 0.05) is 23.8 Å². The van der Waals surface area contributed by atoms with Crippen molar-refractivity contribution in [2.75, 3.05) is 10.6 Å². The van der Waals surface area contributed by atoms with Crippen molar-refractivity contribution in [3.8, 4) is 0 Å². The molecule has 1 aromatic rings. The number of nitrogens with one attached hydrogen (secondary N) is 2. The number of anilines is 2. The smallest absolute Gasteiger partial charge is 0.303 e. The molecule has 0 bridgehead atoms. The van der Waals surface area contributed by atoms with Gasteiger partial charge in [0.15, 0.2) is 5.78 Å². The fourth-order valence-electron chi connectivity index (χ4n) is 2.16. The zero-order chi connectivity index (χ0) is 20.7. The van der Waals surface area contributed by atoms with Gasteiger partial charge in [-0.25, -0.2) is 0 Å². The Hall–Kier alpha value is -2.74. The van der Waals surface area contributed by atoms with Crippen LogP contribution in [0.15, 0.2) is 18.2 Å². The second kappa shape index (κ2) is 9.82. The minimum absolute atomic E-state index is 0.0151. The van der Waals surface area contributed by atoms with Gasteiger partial charge in [0.05, 0.1) is 17.4 Å². The molecule has 0 aliphatic heterocycles. The highest BCUT2D eigenvalue weighted by atomic mass is 16.4. The summed E-state index contributed by atoms with van der Waals surface area (Å²) in [5.41, 5.74) is 6.71. The molecule has 0 saturated carbocycles. The third-order valence-corrected chi connectivity index (χ3v) is 3.87. The minimum atomic E-state index is -1.04. The van der Waals surface area contributed by atoms with Crippen LogP contribution in [-0.4, -0.2) is 34.7 Å². The van der Waals surface area contributed by atoms with Gasteiger partial charge in [-0.2, -0.15) is 0 Å². The Morgan fingerprint density at radius 1 is 0.963 bits per heavy atom. The lowest BCUT2D eigenvalue weighted by atomic mass is 10.00. The molecular weight excluding hydrogens is 350 g/mol. The predicted octanol–water partition coefficient (Wildman–Crippen LogP) is 2.25.